The van der Waals surface area contributed by atoms with Crippen LogP contribution in [0.15, 0.2) is 11.6 Å². The quantitative estimate of drug-likeness (QED) is 0.775. The van der Waals surface area contributed by atoms with Crippen molar-refractivity contribution in [3.63, 3.8) is 0 Å². The lowest BCUT2D eigenvalue weighted by Crippen LogP contribution is -2.33. The first kappa shape index (κ1) is 12.4. The van der Waals surface area contributed by atoms with Gasteiger partial charge in [-0.2, -0.15) is 4.68 Å². The van der Waals surface area contributed by atoms with Crippen LogP contribution in [0.1, 0.15) is 27.4 Å². The van der Waals surface area contributed by atoms with Crippen molar-refractivity contribution < 1.29 is 19.5 Å². The standard InChI is InChI=1S/C10H7N5O4S/c16-5(17)1-3-14-8(18)6-7(9(14)19)15(13-12-6)10-11-2-4-20-10/h2,4H,1,3H2,(H,16,17). The van der Waals surface area contributed by atoms with E-state index in [2.05, 4.69) is 15.3 Å². The number of imide groups is 1. The first-order valence-corrected chi connectivity index (χ1v) is 6.41. The topological polar surface area (TPSA) is 118 Å². The summed E-state index contributed by atoms with van der Waals surface area (Å²) in [7, 11) is 0. The molecule has 1 aliphatic heterocycles. The molecule has 2 amide bonds. The Labute approximate surface area is 115 Å². The molecule has 1 N–H and O–H groups in total. The summed E-state index contributed by atoms with van der Waals surface area (Å²) < 4.78 is 1.20. The van der Waals surface area contributed by atoms with Gasteiger partial charge < -0.3 is 5.11 Å². The van der Waals surface area contributed by atoms with E-state index in [1.165, 1.54) is 22.2 Å². The molecule has 9 nitrogen and oxygen atoms in total. The molecule has 1 aliphatic rings. The van der Waals surface area contributed by atoms with E-state index >= 15 is 0 Å². The van der Waals surface area contributed by atoms with Gasteiger partial charge in [0, 0.05) is 18.1 Å². The lowest BCUT2D eigenvalue weighted by Gasteiger charge is -2.11. The number of hydrogen-bond acceptors (Lipinski definition) is 7. The van der Waals surface area contributed by atoms with Gasteiger partial charge in [0.2, 0.25) is 5.13 Å². The Bertz CT molecular complexity index is 707. The highest BCUT2D eigenvalue weighted by molar-refractivity contribution is 7.12. The normalized spacial score (nSPS) is 13.9. The van der Waals surface area contributed by atoms with Crippen LogP contribution in [0.25, 0.3) is 5.13 Å². The Morgan fingerprint density at radius 1 is 1.35 bits per heavy atom. The molecule has 0 aliphatic carbocycles. The summed E-state index contributed by atoms with van der Waals surface area (Å²) in [6, 6.07) is 0. The third-order valence-electron chi connectivity index (χ3n) is 2.72. The average Bonchev–Trinajstić information content (AvgIpc) is 3.09. The molecule has 0 saturated heterocycles. The fourth-order valence-corrected chi connectivity index (χ4v) is 2.42. The monoisotopic (exact) mass is 293 g/mol. The van der Waals surface area contributed by atoms with Gasteiger partial charge >= 0.3 is 5.97 Å². The van der Waals surface area contributed by atoms with Gasteiger partial charge in [-0.3, -0.25) is 19.3 Å². The van der Waals surface area contributed by atoms with Crippen molar-refractivity contribution in [2.45, 2.75) is 6.42 Å². The number of amides is 2. The van der Waals surface area contributed by atoms with Crippen LogP contribution in [-0.4, -0.2) is 54.3 Å². The van der Waals surface area contributed by atoms with Crippen LogP contribution in [-0.2, 0) is 4.79 Å². The number of carboxylic acid groups (broad SMARTS) is 1. The lowest BCUT2D eigenvalue weighted by atomic mass is 10.4. The predicted octanol–water partition coefficient (Wildman–Crippen LogP) is -0.206. The number of carboxylic acids is 1. The van der Waals surface area contributed by atoms with Crippen molar-refractivity contribution in [3.05, 3.63) is 23.0 Å². The summed E-state index contributed by atoms with van der Waals surface area (Å²) in [6.45, 7) is -0.193. The van der Waals surface area contributed by atoms with Crippen LogP contribution in [0.4, 0.5) is 0 Å². The zero-order valence-electron chi connectivity index (χ0n) is 9.89. The molecule has 2 aromatic heterocycles. The first-order valence-electron chi connectivity index (χ1n) is 5.53. The van der Waals surface area contributed by atoms with Crippen molar-refractivity contribution in [2.24, 2.45) is 0 Å². The van der Waals surface area contributed by atoms with Crippen molar-refractivity contribution in [1.82, 2.24) is 24.9 Å². The second-order valence-corrected chi connectivity index (χ2v) is 4.79. The fraction of sp³-hybridized carbons (Fsp3) is 0.200. The molecule has 0 radical (unpaired) electrons. The number of aliphatic carboxylic acids is 1. The molecule has 0 aromatic carbocycles. The van der Waals surface area contributed by atoms with Gasteiger partial charge in [0.15, 0.2) is 11.4 Å². The molecule has 2 aromatic rings. The number of aromatic nitrogens is 4. The van der Waals surface area contributed by atoms with E-state index in [9.17, 15) is 14.4 Å². The maximum atomic E-state index is 12.2. The SMILES string of the molecule is O=C(O)CCN1C(=O)c2nnn(-c3nccs3)c2C1=O. The molecule has 0 bridgehead atoms. The number of hydrogen-bond donors (Lipinski definition) is 1. The van der Waals surface area contributed by atoms with Crippen molar-refractivity contribution in [2.75, 3.05) is 6.54 Å². The molecule has 0 fully saturated rings. The molecule has 3 heterocycles. The van der Waals surface area contributed by atoms with E-state index in [0.29, 0.717) is 5.13 Å². The Kier molecular flexibility index (Phi) is 2.79. The van der Waals surface area contributed by atoms with Crippen LogP contribution in [0, 0.1) is 0 Å². The van der Waals surface area contributed by atoms with Gasteiger partial charge in [-0.05, 0) is 0 Å². The summed E-state index contributed by atoms with van der Waals surface area (Å²) in [6.07, 6.45) is 1.23. The second kappa shape index (κ2) is 4.49. The van der Waals surface area contributed by atoms with Gasteiger partial charge in [0.05, 0.1) is 6.42 Å². The lowest BCUT2D eigenvalue weighted by molar-refractivity contribution is -0.137. The number of carbonyl (C=O) groups excluding carboxylic acids is 2. The van der Waals surface area contributed by atoms with E-state index in [1.807, 2.05) is 0 Å². The number of thiazole rings is 1. The second-order valence-electron chi connectivity index (χ2n) is 3.92. The van der Waals surface area contributed by atoms with E-state index in [0.717, 1.165) is 4.90 Å². The van der Waals surface area contributed by atoms with Crippen LogP contribution >= 0.6 is 11.3 Å². The maximum Gasteiger partial charge on any atom is 0.305 e. The molecule has 10 heteroatoms. The summed E-state index contributed by atoms with van der Waals surface area (Å²) in [5.41, 5.74) is -0.0501. The molecule has 102 valence electrons. The summed E-state index contributed by atoms with van der Waals surface area (Å²) >= 11 is 1.24. The highest BCUT2D eigenvalue weighted by Gasteiger charge is 2.41. The van der Waals surface area contributed by atoms with Crippen LogP contribution < -0.4 is 0 Å². The minimum atomic E-state index is -1.09. The smallest absolute Gasteiger partial charge is 0.305 e. The molecule has 0 saturated carbocycles. The zero-order valence-corrected chi connectivity index (χ0v) is 10.7. The Morgan fingerprint density at radius 2 is 2.15 bits per heavy atom. The molecule has 3 rings (SSSR count). The molecule has 0 spiro atoms. The van der Waals surface area contributed by atoms with Crippen LogP contribution in [0.2, 0.25) is 0 Å². The first-order chi connectivity index (χ1) is 9.59. The van der Waals surface area contributed by atoms with Gasteiger partial charge in [-0.15, -0.1) is 16.4 Å². The molecular formula is C10H7N5O4S. The highest BCUT2D eigenvalue weighted by atomic mass is 32.1. The predicted molar refractivity (Wildman–Crippen MR) is 64.7 cm³/mol. The fourth-order valence-electron chi connectivity index (χ4n) is 1.83. The molecule has 20 heavy (non-hydrogen) atoms. The van der Waals surface area contributed by atoms with Crippen molar-refractivity contribution >= 4 is 29.1 Å². The molecule has 0 unspecified atom stereocenters. The van der Waals surface area contributed by atoms with E-state index in [1.54, 1.807) is 5.38 Å². The minimum Gasteiger partial charge on any atom is -0.481 e. The summed E-state index contributed by atoms with van der Waals surface area (Å²) in [5.74, 6) is -2.32. The molecular weight excluding hydrogens is 286 g/mol. The van der Waals surface area contributed by atoms with Crippen molar-refractivity contribution in [3.8, 4) is 5.13 Å². The molecule has 0 atom stereocenters. The minimum absolute atomic E-state index is 0.0235. The van der Waals surface area contributed by atoms with E-state index in [4.69, 9.17) is 5.11 Å². The van der Waals surface area contributed by atoms with Crippen LogP contribution in [0.3, 0.4) is 0 Å². The van der Waals surface area contributed by atoms with Crippen molar-refractivity contribution in [1.29, 1.82) is 0 Å². The van der Waals surface area contributed by atoms with Gasteiger partial charge in [-0.25, -0.2) is 4.98 Å². The summed E-state index contributed by atoms with van der Waals surface area (Å²) in [4.78, 5) is 39.6. The number of carbonyl (C=O) groups is 3. The van der Waals surface area contributed by atoms with Gasteiger partial charge in [-0.1, -0.05) is 5.21 Å². The number of fused-ring (bicyclic) bond motifs is 1. The third-order valence-corrected chi connectivity index (χ3v) is 3.46. The average molecular weight is 293 g/mol. The maximum absolute atomic E-state index is 12.2. The summed E-state index contributed by atoms with van der Waals surface area (Å²) in [5, 5.41) is 18.2. The van der Waals surface area contributed by atoms with E-state index in [-0.39, 0.29) is 24.4 Å². The highest BCUT2D eigenvalue weighted by Crippen LogP contribution is 2.24. The Morgan fingerprint density at radius 3 is 2.80 bits per heavy atom. The Hall–Kier alpha value is -2.62. The Balaban J connectivity index is 1.96. The van der Waals surface area contributed by atoms with Gasteiger partial charge in [0.1, 0.15) is 0 Å². The van der Waals surface area contributed by atoms with Crippen LogP contribution in [0.5, 0.6) is 0 Å². The number of nitrogens with zero attached hydrogens (tertiary/aromatic N) is 5. The largest absolute Gasteiger partial charge is 0.481 e. The van der Waals surface area contributed by atoms with E-state index < -0.39 is 17.8 Å². The number of rotatable bonds is 4. The third kappa shape index (κ3) is 1.77. The zero-order chi connectivity index (χ0) is 14.3. The van der Waals surface area contributed by atoms with Gasteiger partial charge in [0.25, 0.3) is 11.8 Å².